The first-order chi connectivity index (χ1) is 19.1. The van der Waals surface area contributed by atoms with Crippen LogP contribution >= 0.6 is 0 Å². The smallest absolute Gasteiger partial charge is 0.236 e. The number of carbonyl (C=O) groups excluding carboxylic acids is 1. The van der Waals surface area contributed by atoms with Crippen molar-refractivity contribution in [3.8, 4) is 17.4 Å². The van der Waals surface area contributed by atoms with Gasteiger partial charge >= 0.3 is 0 Å². The van der Waals surface area contributed by atoms with Crippen LogP contribution in [-0.4, -0.2) is 62.8 Å². The monoisotopic (exact) mass is 526 g/mol. The quantitative estimate of drug-likeness (QED) is 0.333. The van der Waals surface area contributed by atoms with Gasteiger partial charge in [0.25, 0.3) is 0 Å². The van der Waals surface area contributed by atoms with E-state index in [0.717, 1.165) is 42.5 Å². The van der Waals surface area contributed by atoms with E-state index in [4.69, 9.17) is 20.2 Å². The lowest BCUT2D eigenvalue weighted by atomic mass is 10.1. The predicted molar refractivity (Wildman–Crippen MR) is 145 cm³/mol. The van der Waals surface area contributed by atoms with Gasteiger partial charge in [-0.15, -0.1) is 0 Å². The van der Waals surface area contributed by atoms with Crippen LogP contribution in [0.2, 0.25) is 0 Å². The van der Waals surface area contributed by atoms with E-state index in [9.17, 15) is 4.79 Å². The number of hydrogen-bond donors (Lipinski definition) is 2. The fourth-order valence-electron chi connectivity index (χ4n) is 4.96. The highest BCUT2D eigenvalue weighted by atomic mass is 16.7. The van der Waals surface area contributed by atoms with Crippen molar-refractivity contribution in [2.75, 3.05) is 37.1 Å². The lowest BCUT2D eigenvalue weighted by Gasteiger charge is -2.42. The summed E-state index contributed by atoms with van der Waals surface area (Å²) in [6.07, 6.45) is 7.25. The number of nitrogens with two attached hydrogens (primary N) is 1. The predicted octanol–water partition coefficient (Wildman–Crippen LogP) is 2.37. The number of rotatable bonds is 8. The van der Waals surface area contributed by atoms with Gasteiger partial charge < -0.3 is 25.4 Å². The molecule has 0 radical (unpaired) electrons. The van der Waals surface area contributed by atoms with Crippen molar-refractivity contribution in [2.45, 2.75) is 25.6 Å². The Labute approximate surface area is 226 Å². The van der Waals surface area contributed by atoms with Crippen molar-refractivity contribution in [1.29, 1.82) is 0 Å². The summed E-state index contributed by atoms with van der Waals surface area (Å²) in [5, 5.41) is 3.07. The molecule has 4 aromatic rings. The number of nitrogens with one attached hydrogen (secondary N) is 1. The summed E-state index contributed by atoms with van der Waals surface area (Å²) < 4.78 is 12.6. The van der Waals surface area contributed by atoms with Crippen LogP contribution in [0.3, 0.4) is 0 Å². The van der Waals surface area contributed by atoms with E-state index >= 15 is 0 Å². The molecule has 0 aliphatic carbocycles. The number of hydrogen-bond acceptors (Lipinski definition) is 9. The molecule has 3 N–H and O–H groups in total. The van der Waals surface area contributed by atoms with Crippen molar-refractivity contribution in [2.24, 2.45) is 0 Å². The number of fused-ring (bicyclic) bond motifs is 1. The van der Waals surface area contributed by atoms with Gasteiger partial charge in [-0.1, -0.05) is 18.2 Å². The first-order valence-corrected chi connectivity index (χ1v) is 12.9. The molecule has 1 atom stereocenters. The van der Waals surface area contributed by atoms with E-state index in [1.54, 1.807) is 23.3 Å². The second-order valence-corrected chi connectivity index (χ2v) is 9.68. The maximum atomic E-state index is 13.2. The number of piperazine rings is 1. The summed E-state index contributed by atoms with van der Waals surface area (Å²) in [5.74, 6) is 2.73. The van der Waals surface area contributed by atoms with Gasteiger partial charge in [-0.2, -0.15) is 4.98 Å². The minimum absolute atomic E-state index is 0.0270. The number of nitrogens with zero attached hydrogens (tertiary/aromatic N) is 6. The first-order valence-electron chi connectivity index (χ1n) is 12.9. The van der Waals surface area contributed by atoms with Crippen molar-refractivity contribution < 1.29 is 14.3 Å². The molecule has 0 bridgehead atoms. The molecule has 1 amide bonds. The fourth-order valence-corrected chi connectivity index (χ4v) is 4.96. The van der Waals surface area contributed by atoms with Crippen LogP contribution < -0.4 is 25.4 Å². The van der Waals surface area contributed by atoms with Crippen LogP contribution in [0, 0.1) is 0 Å². The summed E-state index contributed by atoms with van der Waals surface area (Å²) in [7, 11) is 0. The number of aromatic nitrogens is 4. The highest BCUT2D eigenvalue weighted by molar-refractivity contribution is 5.77. The number of benzene rings is 2. The molecule has 0 saturated carbocycles. The van der Waals surface area contributed by atoms with Gasteiger partial charge in [-0.3, -0.25) is 14.3 Å². The van der Waals surface area contributed by atoms with Crippen LogP contribution in [0.25, 0.3) is 5.95 Å². The van der Waals surface area contributed by atoms with E-state index in [0.29, 0.717) is 31.2 Å². The normalized spacial score (nSPS) is 16.8. The Morgan fingerprint density at radius 2 is 1.87 bits per heavy atom. The van der Waals surface area contributed by atoms with Crippen LogP contribution in [0.4, 0.5) is 11.5 Å². The van der Waals surface area contributed by atoms with Crippen molar-refractivity contribution in [3.05, 3.63) is 84.6 Å². The van der Waals surface area contributed by atoms with Crippen LogP contribution in [-0.2, 0) is 17.9 Å². The Hall–Kier alpha value is -4.64. The molecule has 6 rings (SSSR count). The molecule has 1 fully saturated rings. The average molecular weight is 527 g/mol. The van der Waals surface area contributed by atoms with Gasteiger partial charge in [0.15, 0.2) is 11.5 Å². The summed E-state index contributed by atoms with van der Waals surface area (Å²) in [6.45, 7) is 3.70. The van der Waals surface area contributed by atoms with E-state index in [1.165, 1.54) is 5.56 Å². The fraction of sp³-hybridized carbons (Fsp3) is 0.286. The second kappa shape index (κ2) is 11.0. The number of carbonyl (C=O) groups is 1. The molecule has 11 nitrogen and oxygen atoms in total. The van der Waals surface area contributed by atoms with Gasteiger partial charge in [0.05, 0.1) is 6.04 Å². The topological polar surface area (TPSA) is 124 Å². The highest BCUT2D eigenvalue weighted by Gasteiger charge is 2.30. The molecule has 4 heterocycles. The molecule has 1 saturated heterocycles. The molecule has 0 spiro atoms. The van der Waals surface area contributed by atoms with Crippen LogP contribution in [0.1, 0.15) is 17.5 Å². The van der Waals surface area contributed by atoms with E-state index < -0.39 is 0 Å². The third-order valence-electron chi connectivity index (χ3n) is 6.96. The maximum Gasteiger partial charge on any atom is 0.236 e. The molecule has 2 aromatic carbocycles. The second-order valence-electron chi connectivity index (χ2n) is 9.68. The standard InChI is InChI=1S/C28H30N8O3/c29-22-4-1-20(2-5-22)16-34-11-12-36(26-7-8-31-28(33-26)35-10-9-30-18-35)23(17-34)14-27(37)32-15-21-3-6-24-25(13-21)39-19-38-24/h1-10,13,18,23H,11-12,14-17,19,29H2,(H,32,37). The number of imidazole rings is 1. The molecule has 2 aliphatic rings. The Morgan fingerprint density at radius 1 is 1.03 bits per heavy atom. The van der Waals surface area contributed by atoms with Gasteiger partial charge in [0, 0.05) is 63.4 Å². The Bertz CT molecular complexity index is 1430. The number of anilines is 2. The van der Waals surface area contributed by atoms with Crippen molar-refractivity contribution in [3.63, 3.8) is 0 Å². The lowest BCUT2D eigenvalue weighted by molar-refractivity contribution is -0.121. The maximum absolute atomic E-state index is 13.2. The van der Waals surface area contributed by atoms with E-state index in [2.05, 4.69) is 37.2 Å². The Balaban J connectivity index is 1.17. The van der Waals surface area contributed by atoms with Gasteiger partial charge in [-0.25, -0.2) is 9.97 Å². The summed E-state index contributed by atoms with van der Waals surface area (Å²) in [6, 6.07) is 15.5. The Morgan fingerprint density at radius 3 is 2.72 bits per heavy atom. The molecular formula is C28H30N8O3. The molecule has 2 aliphatic heterocycles. The SMILES string of the molecule is Nc1ccc(CN2CCN(c3ccnc(-n4ccnc4)n3)C(CC(=O)NCc3ccc4c(c3)OCO4)C2)cc1. The minimum atomic E-state index is -0.0742. The first kappa shape index (κ1) is 24.7. The highest BCUT2D eigenvalue weighted by Crippen LogP contribution is 2.32. The van der Waals surface area contributed by atoms with E-state index in [-0.39, 0.29) is 18.7 Å². The number of amides is 1. The zero-order valence-electron chi connectivity index (χ0n) is 21.4. The summed E-state index contributed by atoms with van der Waals surface area (Å²) >= 11 is 0. The Kier molecular flexibility index (Phi) is 6.96. The lowest BCUT2D eigenvalue weighted by Crippen LogP contribution is -2.54. The van der Waals surface area contributed by atoms with Crippen LogP contribution in [0.15, 0.2) is 73.4 Å². The third-order valence-corrected chi connectivity index (χ3v) is 6.96. The zero-order chi connectivity index (χ0) is 26.6. The number of ether oxygens (including phenoxy) is 2. The molecule has 39 heavy (non-hydrogen) atoms. The summed E-state index contributed by atoms with van der Waals surface area (Å²) in [5.41, 5.74) is 8.76. The average Bonchev–Trinajstić information content (AvgIpc) is 3.66. The van der Waals surface area contributed by atoms with Gasteiger partial charge in [0.1, 0.15) is 12.1 Å². The zero-order valence-corrected chi connectivity index (χ0v) is 21.4. The minimum Gasteiger partial charge on any atom is -0.454 e. The third kappa shape index (κ3) is 5.78. The van der Waals surface area contributed by atoms with Crippen LogP contribution in [0.5, 0.6) is 11.5 Å². The largest absolute Gasteiger partial charge is 0.454 e. The van der Waals surface area contributed by atoms with Gasteiger partial charge in [0.2, 0.25) is 18.6 Å². The molecule has 11 heteroatoms. The van der Waals surface area contributed by atoms with E-state index in [1.807, 2.05) is 42.6 Å². The molecule has 1 unspecified atom stereocenters. The summed E-state index contributed by atoms with van der Waals surface area (Å²) in [4.78, 5) is 31.0. The molecular weight excluding hydrogens is 496 g/mol. The van der Waals surface area contributed by atoms with Crippen molar-refractivity contribution >= 4 is 17.4 Å². The number of nitrogen functional groups attached to an aromatic ring is 1. The van der Waals surface area contributed by atoms with Gasteiger partial charge in [-0.05, 0) is 41.5 Å². The molecule has 200 valence electrons. The van der Waals surface area contributed by atoms with Crippen molar-refractivity contribution in [1.82, 2.24) is 29.7 Å². The molecule has 2 aromatic heterocycles.